The van der Waals surface area contributed by atoms with Crippen LogP contribution >= 0.6 is 0 Å². The van der Waals surface area contributed by atoms with Crippen LogP contribution in [0.4, 0.5) is 10.3 Å². The topological polar surface area (TPSA) is 123 Å². The molecule has 2 aromatic heterocycles. The van der Waals surface area contributed by atoms with Crippen molar-refractivity contribution in [2.75, 3.05) is 18.0 Å². The van der Waals surface area contributed by atoms with E-state index in [9.17, 15) is 9.18 Å². The first kappa shape index (κ1) is 21.4. The van der Waals surface area contributed by atoms with Crippen molar-refractivity contribution in [1.82, 2.24) is 19.7 Å². The second-order valence-electron chi connectivity index (χ2n) is 7.55. The number of benzene rings is 1. The van der Waals surface area contributed by atoms with Gasteiger partial charge in [-0.2, -0.15) is 15.0 Å². The van der Waals surface area contributed by atoms with Gasteiger partial charge in [0, 0.05) is 57.0 Å². The van der Waals surface area contributed by atoms with Gasteiger partial charge in [-0.1, -0.05) is 0 Å². The fourth-order valence-corrected chi connectivity index (χ4v) is 3.53. The quantitative estimate of drug-likeness (QED) is 0.644. The number of nitrogens with zero attached hydrogens (tertiary/aromatic N) is 6. The van der Waals surface area contributed by atoms with Crippen molar-refractivity contribution in [3.63, 3.8) is 0 Å². The first-order chi connectivity index (χ1) is 15.5. The zero-order valence-electron chi connectivity index (χ0n) is 17.5. The van der Waals surface area contributed by atoms with Gasteiger partial charge in [0.1, 0.15) is 29.4 Å². The first-order valence-electron chi connectivity index (χ1n) is 10.2. The number of nitrogens with two attached hydrogens (primary N) is 1. The van der Waals surface area contributed by atoms with Gasteiger partial charge >= 0.3 is 0 Å². The van der Waals surface area contributed by atoms with Crippen LogP contribution in [0.3, 0.4) is 0 Å². The molecule has 0 aliphatic carbocycles. The van der Waals surface area contributed by atoms with Gasteiger partial charge in [-0.25, -0.2) is 14.4 Å². The highest BCUT2D eigenvalue weighted by atomic mass is 19.1. The minimum Gasteiger partial charge on any atom is -0.488 e. The molecular weight excluding hydrogens is 413 g/mol. The molecule has 10 heteroatoms. The molecular formula is C22H22FN7O2. The van der Waals surface area contributed by atoms with Gasteiger partial charge in [-0.05, 0) is 24.6 Å². The Bertz CT molecular complexity index is 1210. The second kappa shape index (κ2) is 9.11. The molecule has 0 spiro atoms. The maximum absolute atomic E-state index is 14.0. The molecule has 0 radical (unpaired) electrons. The average molecular weight is 435 g/mol. The number of aryl methyl sites for hydroxylation is 1. The Morgan fingerprint density at radius 3 is 2.59 bits per heavy atom. The van der Waals surface area contributed by atoms with Gasteiger partial charge in [0.2, 0.25) is 5.95 Å². The fraction of sp³-hybridized carbons (Fsp3) is 0.318. The standard InChI is InChI=1S/C22H22FN7O2/c1-14-12-26-22(27-13-14)29-6-4-17(5-7-29)32-20-9-21(31)30(28-19(20)11-25)16-3-2-15(10-24)18(23)8-16/h2-3,8-9,12-13,17H,4-7,11,25H2,1H3. The van der Waals surface area contributed by atoms with E-state index in [0.29, 0.717) is 17.4 Å². The minimum absolute atomic E-state index is 0.0461. The van der Waals surface area contributed by atoms with Gasteiger partial charge in [0.05, 0.1) is 11.3 Å². The van der Waals surface area contributed by atoms with E-state index in [0.717, 1.165) is 42.2 Å². The summed E-state index contributed by atoms with van der Waals surface area (Å²) >= 11 is 0. The van der Waals surface area contributed by atoms with Crippen molar-refractivity contribution in [2.24, 2.45) is 5.73 Å². The molecule has 1 fully saturated rings. The normalized spacial score (nSPS) is 14.2. The first-order valence-corrected chi connectivity index (χ1v) is 10.2. The number of aromatic nitrogens is 4. The van der Waals surface area contributed by atoms with E-state index < -0.39 is 11.4 Å². The van der Waals surface area contributed by atoms with Crippen LogP contribution in [-0.2, 0) is 6.54 Å². The molecule has 164 valence electrons. The largest absolute Gasteiger partial charge is 0.488 e. The summed E-state index contributed by atoms with van der Waals surface area (Å²) in [7, 11) is 0. The van der Waals surface area contributed by atoms with E-state index in [4.69, 9.17) is 15.7 Å². The summed E-state index contributed by atoms with van der Waals surface area (Å²) in [6.45, 7) is 3.43. The van der Waals surface area contributed by atoms with Crippen LogP contribution in [0.25, 0.3) is 5.69 Å². The summed E-state index contributed by atoms with van der Waals surface area (Å²) < 4.78 is 21.1. The van der Waals surface area contributed by atoms with Crippen molar-refractivity contribution in [2.45, 2.75) is 32.4 Å². The molecule has 0 saturated carbocycles. The highest BCUT2D eigenvalue weighted by Gasteiger charge is 2.24. The SMILES string of the molecule is Cc1cnc(N2CCC(Oc3cc(=O)n(-c4ccc(C#N)c(F)c4)nc3CN)CC2)nc1. The molecule has 1 saturated heterocycles. The Morgan fingerprint density at radius 1 is 1.25 bits per heavy atom. The molecule has 4 rings (SSSR count). The molecule has 0 bridgehead atoms. The molecule has 3 aromatic rings. The molecule has 0 amide bonds. The summed E-state index contributed by atoms with van der Waals surface area (Å²) in [5.74, 6) is 0.293. The molecule has 0 atom stereocenters. The Hall–Kier alpha value is -3.84. The van der Waals surface area contributed by atoms with Gasteiger partial charge in [-0.3, -0.25) is 4.79 Å². The predicted octanol–water partition coefficient (Wildman–Crippen LogP) is 1.85. The van der Waals surface area contributed by atoms with E-state index in [1.54, 1.807) is 18.5 Å². The lowest BCUT2D eigenvalue weighted by atomic mass is 10.1. The molecule has 1 aliphatic heterocycles. The molecule has 9 nitrogen and oxygen atoms in total. The third-order valence-corrected chi connectivity index (χ3v) is 5.27. The van der Waals surface area contributed by atoms with Crippen LogP contribution in [0.1, 0.15) is 29.7 Å². The summed E-state index contributed by atoms with van der Waals surface area (Å²) in [4.78, 5) is 23.5. The van der Waals surface area contributed by atoms with Crippen LogP contribution in [0, 0.1) is 24.1 Å². The lowest BCUT2D eigenvalue weighted by Crippen LogP contribution is -2.39. The fourth-order valence-electron chi connectivity index (χ4n) is 3.53. The van der Waals surface area contributed by atoms with Crippen LogP contribution < -0.4 is 20.9 Å². The third-order valence-electron chi connectivity index (χ3n) is 5.27. The van der Waals surface area contributed by atoms with Crippen molar-refractivity contribution < 1.29 is 9.13 Å². The van der Waals surface area contributed by atoms with Gasteiger partial charge in [0.25, 0.3) is 5.56 Å². The van der Waals surface area contributed by atoms with Crippen molar-refractivity contribution in [1.29, 1.82) is 5.26 Å². The van der Waals surface area contributed by atoms with Gasteiger partial charge in [-0.15, -0.1) is 0 Å². The summed E-state index contributed by atoms with van der Waals surface area (Å²) in [6.07, 6.45) is 4.93. The number of nitriles is 1. The van der Waals surface area contributed by atoms with Crippen molar-refractivity contribution in [3.8, 4) is 17.5 Å². The number of piperidine rings is 1. The van der Waals surface area contributed by atoms with Crippen LogP contribution in [0.2, 0.25) is 0 Å². The Kier molecular flexibility index (Phi) is 6.09. The molecule has 1 aliphatic rings. The number of hydrogen-bond donors (Lipinski definition) is 1. The number of ether oxygens (including phenoxy) is 1. The van der Waals surface area contributed by atoms with E-state index in [1.807, 2.05) is 6.92 Å². The third kappa shape index (κ3) is 4.43. The minimum atomic E-state index is -0.724. The lowest BCUT2D eigenvalue weighted by Gasteiger charge is -2.32. The van der Waals surface area contributed by atoms with Crippen LogP contribution in [-0.4, -0.2) is 38.9 Å². The molecule has 3 heterocycles. The maximum Gasteiger partial charge on any atom is 0.275 e. The smallest absolute Gasteiger partial charge is 0.275 e. The van der Waals surface area contributed by atoms with E-state index in [1.165, 1.54) is 18.2 Å². The zero-order valence-corrected chi connectivity index (χ0v) is 17.5. The number of hydrogen-bond acceptors (Lipinski definition) is 8. The summed E-state index contributed by atoms with van der Waals surface area (Å²) in [5.41, 5.74) is 6.85. The molecule has 0 unspecified atom stereocenters. The highest BCUT2D eigenvalue weighted by Crippen LogP contribution is 2.23. The predicted molar refractivity (Wildman–Crippen MR) is 115 cm³/mol. The van der Waals surface area contributed by atoms with E-state index >= 15 is 0 Å². The van der Waals surface area contributed by atoms with Crippen molar-refractivity contribution >= 4 is 5.95 Å². The lowest BCUT2D eigenvalue weighted by molar-refractivity contribution is 0.167. The molecule has 1 aromatic carbocycles. The van der Waals surface area contributed by atoms with Crippen LogP contribution in [0.5, 0.6) is 5.75 Å². The van der Waals surface area contributed by atoms with Crippen LogP contribution in [0.15, 0.2) is 41.5 Å². The number of halogens is 1. The van der Waals surface area contributed by atoms with E-state index in [-0.39, 0.29) is 23.9 Å². The Labute approximate surface area is 183 Å². The van der Waals surface area contributed by atoms with Gasteiger partial charge < -0.3 is 15.4 Å². The summed E-state index contributed by atoms with van der Waals surface area (Å²) in [5, 5.41) is 13.2. The summed E-state index contributed by atoms with van der Waals surface area (Å²) in [6, 6.07) is 6.92. The van der Waals surface area contributed by atoms with Gasteiger partial charge in [0.15, 0.2) is 0 Å². The Balaban J connectivity index is 1.49. The second-order valence-corrected chi connectivity index (χ2v) is 7.55. The van der Waals surface area contributed by atoms with Crippen molar-refractivity contribution in [3.05, 3.63) is 69.7 Å². The zero-order chi connectivity index (χ0) is 22.7. The van der Waals surface area contributed by atoms with E-state index in [2.05, 4.69) is 20.0 Å². The number of rotatable bonds is 5. The highest BCUT2D eigenvalue weighted by molar-refractivity contribution is 5.41. The average Bonchev–Trinajstić information content (AvgIpc) is 2.80. The molecule has 32 heavy (non-hydrogen) atoms. The Morgan fingerprint density at radius 2 is 1.97 bits per heavy atom. The number of anilines is 1. The monoisotopic (exact) mass is 435 g/mol. The molecule has 2 N–H and O–H groups in total. The maximum atomic E-state index is 14.0.